The minimum atomic E-state index is -0.280. The van der Waals surface area contributed by atoms with Gasteiger partial charge < -0.3 is 5.32 Å². The van der Waals surface area contributed by atoms with Gasteiger partial charge in [0.05, 0.1) is 22.8 Å². The predicted octanol–water partition coefficient (Wildman–Crippen LogP) is 3.38. The van der Waals surface area contributed by atoms with E-state index >= 15 is 0 Å². The summed E-state index contributed by atoms with van der Waals surface area (Å²) in [5.41, 5.74) is 2.75. The zero-order chi connectivity index (χ0) is 20.9. The highest BCUT2D eigenvalue weighted by molar-refractivity contribution is 7.17. The first-order valence-electron chi connectivity index (χ1n) is 9.48. The molecule has 0 spiro atoms. The zero-order valence-corrected chi connectivity index (χ0v) is 17.1. The molecule has 0 bridgehead atoms. The number of aryl methyl sites for hydroxylation is 1. The number of benzene rings is 1. The zero-order valence-electron chi connectivity index (χ0n) is 16.3. The second-order valence-corrected chi connectivity index (χ2v) is 7.44. The molecule has 7 nitrogen and oxygen atoms in total. The van der Waals surface area contributed by atoms with E-state index in [4.69, 9.17) is 0 Å². The molecule has 4 aromatic rings. The number of rotatable bonds is 6. The van der Waals surface area contributed by atoms with Gasteiger partial charge in [-0.1, -0.05) is 36.4 Å². The highest BCUT2D eigenvalue weighted by Gasteiger charge is 2.20. The summed E-state index contributed by atoms with van der Waals surface area (Å²) in [4.78, 5) is 34.3. The number of carbonyl (C=O) groups excluding carboxylic acids is 1. The first-order valence-corrected chi connectivity index (χ1v) is 10.3. The molecule has 4 rings (SSSR count). The van der Waals surface area contributed by atoms with Crippen molar-refractivity contribution in [3.8, 4) is 21.8 Å². The summed E-state index contributed by atoms with van der Waals surface area (Å²) < 4.78 is 1.39. The Morgan fingerprint density at radius 1 is 1.07 bits per heavy atom. The summed E-state index contributed by atoms with van der Waals surface area (Å²) in [5, 5.41) is 7.64. The molecule has 1 amide bonds. The first kappa shape index (κ1) is 19.7. The number of thiazole rings is 1. The molecular weight excluding hydrogens is 398 g/mol. The number of hydrogen-bond donors (Lipinski definition) is 1. The van der Waals surface area contributed by atoms with Crippen molar-refractivity contribution in [2.75, 3.05) is 0 Å². The molecule has 1 aromatic carbocycles. The number of pyridine rings is 1. The maximum Gasteiger partial charge on any atom is 0.280 e. The molecule has 0 saturated heterocycles. The number of amides is 1. The second kappa shape index (κ2) is 8.79. The van der Waals surface area contributed by atoms with Crippen LogP contribution in [0.3, 0.4) is 0 Å². The fraction of sp³-hybridized carbons (Fsp3) is 0.136. The molecule has 30 heavy (non-hydrogen) atoms. The Morgan fingerprint density at radius 2 is 1.87 bits per heavy atom. The van der Waals surface area contributed by atoms with E-state index in [1.54, 1.807) is 12.3 Å². The Labute approximate surface area is 177 Å². The predicted molar refractivity (Wildman–Crippen MR) is 116 cm³/mol. The number of aromatic nitrogens is 4. The maximum absolute atomic E-state index is 12.8. The van der Waals surface area contributed by atoms with Crippen molar-refractivity contribution in [1.29, 1.82) is 0 Å². The third-order valence-electron chi connectivity index (χ3n) is 4.42. The van der Waals surface area contributed by atoms with Gasteiger partial charge in [0.15, 0.2) is 5.01 Å². The lowest BCUT2D eigenvalue weighted by Crippen LogP contribution is -2.23. The minimum absolute atomic E-state index is 0.166. The van der Waals surface area contributed by atoms with Crippen molar-refractivity contribution in [3.63, 3.8) is 0 Å². The molecule has 0 aliphatic heterocycles. The maximum atomic E-state index is 12.8. The third-order valence-corrected chi connectivity index (χ3v) is 5.50. The van der Waals surface area contributed by atoms with Crippen LogP contribution in [0.5, 0.6) is 0 Å². The standard InChI is InChI=1S/C22H19N5O2S/c1-2-27-18(28)12-11-17(26-27)20-19(15-8-4-3-5-9-15)25-22(30-20)21(29)24-14-16-10-6-7-13-23-16/h3-13H,2,14H2,1H3,(H,24,29). The molecular formula is C22H19N5O2S. The Kier molecular flexibility index (Phi) is 5.76. The van der Waals surface area contributed by atoms with Crippen molar-refractivity contribution >= 4 is 17.2 Å². The fourth-order valence-corrected chi connectivity index (χ4v) is 3.90. The molecule has 0 radical (unpaired) electrons. The molecule has 0 unspecified atom stereocenters. The average molecular weight is 417 g/mol. The van der Waals surface area contributed by atoms with Crippen LogP contribution in [0, 0.1) is 0 Å². The van der Waals surface area contributed by atoms with Crippen molar-refractivity contribution in [1.82, 2.24) is 25.1 Å². The molecule has 0 saturated carbocycles. The fourth-order valence-electron chi connectivity index (χ4n) is 2.93. The summed E-state index contributed by atoms with van der Waals surface area (Å²) in [7, 11) is 0. The van der Waals surface area contributed by atoms with E-state index in [-0.39, 0.29) is 11.5 Å². The average Bonchev–Trinajstić information content (AvgIpc) is 3.25. The molecule has 0 atom stereocenters. The van der Waals surface area contributed by atoms with Gasteiger partial charge in [-0.05, 0) is 25.1 Å². The number of carbonyl (C=O) groups is 1. The first-order chi connectivity index (χ1) is 14.7. The van der Waals surface area contributed by atoms with Gasteiger partial charge in [-0.15, -0.1) is 11.3 Å². The van der Waals surface area contributed by atoms with Gasteiger partial charge in [0.25, 0.3) is 11.5 Å². The lowest BCUT2D eigenvalue weighted by molar-refractivity contribution is 0.0950. The van der Waals surface area contributed by atoms with E-state index in [1.165, 1.54) is 22.1 Å². The highest BCUT2D eigenvalue weighted by Crippen LogP contribution is 2.35. The van der Waals surface area contributed by atoms with Crippen LogP contribution in [0.4, 0.5) is 0 Å². The van der Waals surface area contributed by atoms with Gasteiger partial charge in [-0.25, -0.2) is 9.67 Å². The summed E-state index contributed by atoms with van der Waals surface area (Å²) in [5.74, 6) is -0.280. The topological polar surface area (TPSA) is 89.8 Å². The molecule has 3 aromatic heterocycles. The van der Waals surface area contributed by atoms with E-state index in [2.05, 4.69) is 20.4 Å². The summed E-state index contributed by atoms with van der Waals surface area (Å²) in [6, 6.07) is 18.3. The van der Waals surface area contributed by atoms with E-state index in [0.29, 0.717) is 29.5 Å². The monoisotopic (exact) mass is 417 g/mol. The number of hydrogen-bond acceptors (Lipinski definition) is 6. The van der Waals surface area contributed by atoms with Gasteiger partial charge >= 0.3 is 0 Å². The van der Waals surface area contributed by atoms with Crippen molar-refractivity contribution in [2.24, 2.45) is 0 Å². The van der Waals surface area contributed by atoms with Crippen LogP contribution in [-0.2, 0) is 13.1 Å². The van der Waals surface area contributed by atoms with Crippen LogP contribution in [0.2, 0.25) is 0 Å². The van der Waals surface area contributed by atoms with Crippen LogP contribution in [0.25, 0.3) is 21.8 Å². The molecule has 0 aliphatic carbocycles. The van der Waals surface area contributed by atoms with Gasteiger partial charge in [-0.2, -0.15) is 5.10 Å². The van der Waals surface area contributed by atoms with E-state index in [1.807, 2.05) is 55.5 Å². The molecule has 3 heterocycles. The van der Waals surface area contributed by atoms with Gasteiger partial charge in [0.1, 0.15) is 5.69 Å². The Bertz CT molecular complexity index is 1220. The van der Waals surface area contributed by atoms with Crippen LogP contribution >= 0.6 is 11.3 Å². The molecule has 8 heteroatoms. The smallest absolute Gasteiger partial charge is 0.280 e. The Morgan fingerprint density at radius 3 is 2.60 bits per heavy atom. The second-order valence-electron chi connectivity index (χ2n) is 6.44. The molecule has 150 valence electrons. The third kappa shape index (κ3) is 4.18. The van der Waals surface area contributed by atoms with Crippen LogP contribution in [0.1, 0.15) is 22.4 Å². The summed E-state index contributed by atoms with van der Waals surface area (Å²) >= 11 is 1.25. The van der Waals surface area contributed by atoms with E-state index in [9.17, 15) is 9.59 Å². The lowest BCUT2D eigenvalue weighted by Gasteiger charge is -2.05. The quantitative estimate of drug-likeness (QED) is 0.519. The van der Waals surface area contributed by atoms with Crippen molar-refractivity contribution in [2.45, 2.75) is 20.0 Å². The van der Waals surface area contributed by atoms with Gasteiger partial charge in [-0.3, -0.25) is 14.6 Å². The minimum Gasteiger partial charge on any atom is -0.344 e. The summed E-state index contributed by atoms with van der Waals surface area (Å²) in [6.45, 7) is 2.64. The highest BCUT2D eigenvalue weighted by atomic mass is 32.1. The lowest BCUT2D eigenvalue weighted by atomic mass is 10.1. The molecule has 0 fully saturated rings. The van der Waals surface area contributed by atoms with Crippen LogP contribution < -0.4 is 10.9 Å². The Balaban J connectivity index is 1.71. The largest absolute Gasteiger partial charge is 0.344 e. The summed E-state index contributed by atoms with van der Waals surface area (Å²) in [6.07, 6.45) is 1.69. The van der Waals surface area contributed by atoms with Gasteiger partial charge in [0.2, 0.25) is 0 Å². The van der Waals surface area contributed by atoms with E-state index < -0.39 is 0 Å². The van der Waals surface area contributed by atoms with Crippen molar-refractivity contribution in [3.05, 3.63) is 87.9 Å². The molecule has 0 aliphatic rings. The van der Waals surface area contributed by atoms with Crippen LogP contribution in [0.15, 0.2) is 71.7 Å². The van der Waals surface area contributed by atoms with Crippen molar-refractivity contribution < 1.29 is 4.79 Å². The SMILES string of the molecule is CCn1nc(-c2sc(C(=O)NCc3ccccn3)nc2-c2ccccc2)ccc1=O. The normalized spacial score (nSPS) is 10.7. The Hall–Kier alpha value is -3.65. The van der Waals surface area contributed by atoms with E-state index in [0.717, 1.165) is 16.1 Å². The molecule has 1 N–H and O–H groups in total. The number of nitrogens with one attached hydrogen (secondary N) is 1. The van der Waals surface area contributed by atoms with Crippen LogP contribution in [-0.4, -0.2) is 25.7 Å². The van der Waals surface area contributed by atoms with Gasteiger partial charge in [0, 0.05) is 24.4 Å². The number of nitrogens with zero attached hydrogens (tertiary/aromatic N) is 4.